The maximum Gasteiger partial charge on any atom is 0.416 e. The maximum atomic E-state index is 13.1. The minimum Gasteiger partial charge on any atom is -0.310 e. The van der Waals surface area contributed by atoms with Gasteiger partial charge in [0.15, 0.2) is 0 Å². The molecule has 0 aliphatic heterocycles. The van der Waals surface area contributed by atoms with Gasteiger partial charge in [0, 0.05) is 18.4 Å². The van der Waals surface area contributed by atoms with E-state index < -0.39 is 11.7 Å². The molecule has 20 heavy (non-hydrogen) atoms. The quantitative estimate of drug-likeness (QED) is 0.858. The molecule has 1 atom stereocenters. The predicted octanol–water partition coefficient (Wildman–Crippen LogP) is 4.58. The fraction of sp³-hybridized carbons (Fsp3) is 0.667. The van der Waals surface area contributed by atoms with Gasteiger partial charge in [-0.1, -0.05) is 27.7 Å². The molecule has 0 aliphatic rings. The summed E-state index contributed by atoms with van der Waals surface area (Å²) in [5.74, 6) is 0. The zero-order valence-electron chi connectivity index (χ0n) is 12.5. The van der Waals surface area contributed by atoms with Crippen LogP contribution in [0.5, 0.6) is 0 Å². The van der Waals surface area contributed by atoms with Crippen molar-refractivity contribution >= 4 is 0 Å². The smallest absolute Gasteiger partial charge is 0.310 e. The van der Waals surface area contributed by atoms with Gasteiger partial charge in [-0.15, -0.1) is 0 Å². The molecule has 5 heteroatoms. The molecule has 0 spiro atoms. The topological polar surface area (TPSA) is 24.9 Å². The molecule has 1 heterocycles. The highest BCUT2D eigenvalue weighted by molar-refractivity contribution is 5.29. The highest BCUT2D eigenvalue weighted by atomic mass is 19.4. The SMILES string of the molecule is CCCNC(CC(C)(C)C)c1cnccc1C(F)(F)F. The minimum atomic E-state index is -4.34. The first kappa shape index (κ1) is 17.0. The van der Waals surface area contributed by atoms with E-state index in [2.05, 4.69) is 10.3 Å². The molecule has 114 valence electrons. The summed E-state index contributed by atoms with van der Waals surface area (Å²) in [6.07, 6.45) is -0.311. The van der Waals surface area contributed by atoms with E-state index in [-0.39, 0.29) is 17.0 Å². The summed E-state index contributed by atoms with van der Waals surface area (Å²) in [6.45, 7) is 8.76. The van der Waals surface area contributed by atoms with Crippen molar-refractivity contribution in [3.05, 3.63) is 29.6 Å². The Morgan fingerprint density at radius 3 is 2.40 bits per heavy atom. The lowest BCUT2D eigenvalue weighted by Gasteiger charge is -2.28. The summed E-state index contributed by atoms with van der Waals surface area (Å²) in [6, 6.07) is 0.721. The number of hydrogen-bond donors (Lipinski definition) is 1. The molecule has 2 nitrogen and oxygen atoms in total. The normalized spacial score (nSPS) is 14.3. The molecule has 0 amide bonds. The van der Waals surface area contributed by atoms with Gasteiger partial charge < -0.3 is 5.32 Å². The van der Waals surface area contributed by atoms with Crippen LogP contribution >= 0.6 is 0 Å². The van der Waals surface area contributed by atoms with Crippen LogP contribution in [0, 0.1) is 5.41 Å². The first-order chi connectivity index (χ1) is 9.15. The number of halogens is 3. The first-order valence-electron chi connectivity index (χ1n) is 6.89. The summed E-state index contributed by atoms with van der Waals surface area (Å²) in [5, 5.41) is 3.21. The van der Waals surface area contributed by atoms with Crippen molar-refractivity contribution in [1.29, 1.82) is 0 Å². The van der Waals surface area contributed by atoms with Gasteiger partial charge in [-0.3, -0.25) is 4.98 Å². The van der Waals surface area contributed by atoms with Gasteiger partial charge in [0.2, 0.25) is 0 Å². The van der Waals surface area contributed by atoms with E-state index in [1.165, 1.54) is 12.4 Å². The van der Waals surface area contributed by atoms with Crippen LogP contribution < -0.4 is 5.32 Å². The average Bonchev–Trinajstić information content (AvgIpc) is 2.32. The third kappa shape index (κ3) is 5.12. The van der Waals surface area contributed by atoms with E-state index in [1.807, 2.05) is 27.7 Å². The van der Waals surface area contributed by atoms with E-state index in [4.69, 9.17) is 0 Å². The number of hydrogen-bond acceptors (Lipinski definition) is 2. The Hall–Kier alpha value is -1.10. The Bertz CT molecular complexity index is 422. The van der Waals surface area contributed by atoms with E-state index in [9.17, 15) is 13.2 Å². The summed E-state index contributed by atoms with van der Waals surface area (Å²) >= 11 is 0. The van der Waals surface area contributed by atoms with E-state index in [0.29, 0.717) is 13.0 Å². The van der Waals surface area contributed by atoms with Crippen LogP contribution in [0.25, 0.3) is 0 Å². The lowest BCUT2D eigenvalue weighted by Crippen LogP contribution is -2.28. The zero-order valence-corrected chi connectivity index (χ0v) is 12.5. The molecule has 0 aromatic carbocycles. The summed E-state index contributed by atoms with van der Waals surface area (Å²) < 4.78 is 39.3. The molecule has 0 fully saturated rings. The third-order valence-corrected chi connectivity index (χ3v) is 2.99. The van der Waals surface area contributed by atoms with Crippen molar-refractivity contribution in [3.8, 4) is 0 Å². The summed E-state index contributed by atoms with van der Waals surface area (Å²) in [7, 11) is 0. The maximum absolute atomic E-state index is 13.1. The first-order valence-corrected chi connectivity index (χ1v) is 6.89. The van der Waals surface area contributed by atoms with Gasteiger partial charge in [-0.25, -0.2) is 0 Å². The van der Waals surface area contributed by atoms with Crippen LogP contribution in [0.3, 0.4) is 0 Å². The van der Waals surface area contributed by atoms with Gasteiger partial charge in [-0.05, 0) is 36.4 Å². The molecule has 1 aromatic heterocycles. The van der Waals surface area contributed by atoms with Crippen molar-refractivity contribution in [2.24, 2.45) is 5.41 Å². The predicted molar refractivity (Wildman–Crippen MR) is 74.3 cm³/mol. The number of aromatic nitrogens is 1. The number of nitrogens with one attached hydrogen (secondary N) is 1. The van der Waals surface area contributed by atoms with Gasteiger partial charge in [0.25, 0.3) is 0 Å². The summed E-state index contributed by atoms with van der Waals surface area (Å²) in [5.41, 5.74) is -0.418. The molecule has 1 N–H and O–H groups in total. The molecular weight excluding hydrogens is 265 g/mol. The second-order valence-corrected chi connectivity index (χ2v) is 6.23. The molecule has 0 saturated carbocycles. The molecule has 1 rings (SSSR count). The van der Waals surface area contributed by atoms with Crippen LogP contribution in [0.2, 0.25) is 0 Å². The number of rotatable bonds is 5. The van der Waals surface area contributed by atoms with E-state index in [0.717, 1.165) is 12.5 Å². The van der Waals surface area contributed by atoms with Crippen LogP contribution in [0.1, 0.15) is 57.7 Å². The molecular formula is C15H23F3N2. The van der Waals surface area contributed by atoms with Gasteiger partial charge in [0.05, 0.1) is 5.56 Å². The monoisotopic (exact) mass is 288 g/mol. The van der Waals surface area contributed by atoms with Crippen LogP contribution in [0.4, 0.5) is 13.2 Å². The number of nitrogens with zero attached hydrogens (tertiary/aromatic N) is 1. The van der Waals surface area contributed by atoms with Gasteiger partial charge in [0.1, 0.15) is 0 Å². The van der Waals surface area contributed by atoms with Crippen molar-refractivity contribution in [3.63, 3.8) is 0 Å². The van der Waals surface area contributed by atoms with Gasteiger partial charge in [-0.2, -0.15) is 13.2 Å². The molecule has 0 radical (unpaired) electrons. The molecule has 0 bridgehead atoms. The van der Waals surface area contributed by atoms with Gasteiger partial charge >= 0.3 is 6.18 Å². The zero-order chi connectivity index (χ0) is 15.4. The fourth-order valence-electron chi connectivity index (χ4n) is 2.17. The Labute approximate surface area is 118 Å². The highest BCUT2D eigenvalue weighted by Crippen LogP contribution is 2.37. The van der Waals surface area contributed by atoms with E-state index >= 15 is 0 Å². The molecule has 1 unspecified atom stereocenters. The standard InChI is InChI=1S/C15H23F3N2/c1-5-7-20-13(9-14(2,3)4)11-10-19-8-6-12(11)15(16,17)18/h6,8,10,13,20H,5,7,9H2,1-4H3. The van der Waals surface area contributed by atoms with Crippen molar-refractivity contribution in [2.75, 3.05) is 6.54 Å². The Balaban J connectivity index is 3.13. The lowest BCUT2D eigenvalue weighted by atomic mass is 9.84. The van der Waals surface area contributed by atoms with Crippen molar-refractivity contribution in [2.45, 2.75) is 52.8 Å². The average molecular weight is 288 g/mol. The lowest BCUT2D eigenvalue weighted by molar-refractivity contribution is -0.138. The fourth-order valence-corrected chi connectivity index (χ4v) is 2.17. The minimum absolute atomic E-state index is 0.0654. The van der Waals surface area contributed by atoms with Crippen LogP contribution in [-0.4, -0.2) is 11.5 Å². The molecule has 1 aromatic rings. The van der Waals surface area contributed by atoms with Crippen LogP contribution in [0.15, 0.2) is 18.5 Å². The highest BCUT2D eigenvalue weighted by Gasteiger charge is 2.36. The van der Waals surface area contributed by atoms with Crippen LogP contribution in [-0.2, 0) is 6.18 Å². The number of pyridine rings is 1. The largest absolute Gasteiger partial charge is 0.416 e. The third-order valence-electron chi connectivity index (χ3n) is 2.99. The van der Waals surface area contributed by atoms with Crippen molar-refractivity contribution in [1.82, 2.24) is 10.3 Å². The Morgan fingerprint density at radius 1 is 1.25 bits per heavy atom. The Kier molecular flexibility index (Phi) is 5.57. The number of alkyl halides is 3. The Morgan fingerprint density at radius 2 is 1.90 bits per heavy atom. The van der Waals surface area contributed by atoms with Crippen molar-refractivity contribution < 1.29 is 13.2 Å². The van der Waals surface area contributed by atoms with E-state index in [1.54, 1.807) is 0 Å². The molecule has 0 saturated heterocycles. The molecule has 0 aliphatic carbocycles. The summed E-state index contributed by atoms with van der Waals surface area (Å²) in [4.78, 5) is 3.88. The second-order valence-electron chi connectivity index (χ2n) is 6.23. The second kappa shape index (κ2) is 6.57.